The van der Waals surface area contributed by atoms with Gasteiger partial charge in [0.1, 0.15) is 11.3 Å². The van der Waals surface area contributed by atoms with Gasteiger partial charge in [-0.15, -0.1) is 0 Å². The summed E-state index contributed by atoms with van der Waals surface area (Å²) in [7, 11) is 1.47. The molecule has 1 heterocycles. The van der Waals surface area contributed by atoms with Crippen molar-refractivity contribution >= 4 is 63.1 Å². The quantitative estimate of drug-likeness (QED) is 0.305. The number of hydrogen-bond donors (Lipinski definition) is 3. The van der Waals surface area contributed by atoms with Crippen LogP contribution in [0, 0.1) is 6.92 Å². The second-order valence-corrected chi connectivity index (χ2v) is 8.23. The number of para-hydroxylation sites is 1. The number of thiocarbonyl (C=S) groups is 1. The van der Waals surface area contributed by atoms with Gasteiger partial charge in [-0.05, 0) is 73.2 Å². The number of carbonyl (C=O) groups is 2. The van der Waals surface area contributed by atoms with Gasteiger partial charge in [-0.3, -0.25) is 14.9 Å². The highest BCUT2D eigenvalue weighted by molar-refractivity contribution is 7.80. The van der Waals surface area contributed by atoms with Crippen LogP contribution in [-0.4, -0.2) is 24.0 Å². The largest absolute Gasteiger partial charge is 0.496 e. The summed E-state index contributed by atoms with van der Waals surface area (Å²) in [5.74, 6) is -0.199. The number of benzene rings is 3. The molecule has 34 heavy (non-hydrogen) atoms. The summed E-state index contributed by atoms with van der Waals surface area (Å²) in [6.45, 7) is 1.85. The van der Waals surface area contributed by atoms with E-state index in [1.807, 2.05) is 31.2 Å². The van der Waals surface area contributed by atoms with E-state index >= 15 is 0 Å². The lowest BCUT2D eigenvalue weighted by Gasteiger charge is -2.13. The summed E-state index contributed by atoms with van der Waals surface area (Å²) < 4.78 is 10.8. The average Bonchev–Trinajstić information content (AvgIpc) is 3.25. The standard InChI is InChI=1S/C25H20ClN3O4S/c1-14-11-17(27-25(34)29-23(30)18-13-16(26)7-10-21(18)32-2)8-9-19(14)28-24(31)22-12-15-5-3-4-6-20(15)33-22/h3-13H,1-2H3,(H,28,31)(H2,27,29,30,34). The predicted molar refractivity (Wildman–Crippen MR) is 137 cm³/mol. The molecular formula is C25H20ClN3O4S. The minimum Gasteiger partial charge on any atom is -0.496 e. The third-order valence-corrected chi connectivity index (χ3v) is 5.45. The van der Waals surface area contributed by atoms with Crippen LogP contribution >= 0.6 is 23.8 Å². The number of aryl methyl sites for hydroxylation is 1. The van der Waals surface area contributed by atoms with Crippen LogP contribution in [0.25, 0.3) is 11.0 Å². The Kier molecular flexibility index (Phi) is 6.81. The van der Waals surface area contributed by atoms with Crippen LogP contribution in [0.1, 0.15) is 26.5 Å². The topological polar surface area (TPSA) is 92.6 Å². The first kappa shape index (κ1) is 23.3. The highest BCUT2D eigenvalue weighted by Crippen LogP contribution is 2.24. The molecule has 0 saturated carbocycles. The van der Waals surface area contributed by atoms with Crippen LogP contribution in [0.3, 0.4) is 0 Å². The summed E-state index contributed by atoms with van der Waals surface area (Å²) in [6, 6.07) is 19.1. The minimum absolute atomic E-state index is 0.102. The number of halogens is 1. The number of fused-ring (bicyclic) bond motifs is 1. The maximum absolute atomic E-state index is 12.6. The van der Waals surface area contributed by atoms with Crippen LogP contribution in [0.4, 0.5) is 11.4 Å². The lowest BCUT2D eigenvalue weighted by molar-refractivity contribution is 0.0972. The van der Waals surface area contributed by atoms with Crippen LogP contribution < -0.4 is 20.7 Å². The van der Waals surface area contributed by atoms with Crippen molar-refractivity contribution in [2.45, 2.75) is 6.92 Å². The molecule has 7 nitrogen and oxygen atoms in total. The van der Waals surface area contributed by atoms with Gasteiger partial charge in [0.05, 0.1) is 12.7 Å². The Labute approximate surface area is 206 Å². The number of hydrogen-bond acceptors (Lipinski definition) is 5. The maximum Gasteiger partial charge on any atom is 0.291 e. The van der Waals surface area contributed by atoms with Gasteiger partial charge >= 0.3 is 0 Å². The average molecular weight is 494 g/mol. The number of amides is 2. The Bertz CT molecular complexity index is 1380. The molecule has 2 amide bonds. The molecule has 0 aliphatic carbocycles. The van der Waals surface area contributed by atoms with E-state index in [0.717, 1.165) is 10.9 Å². The van der Waals surface area contributed by atoms with Gasteiger partial charge in [-0.1, -0.05) is 29.8 Å². The number of anilines is 2. The number of furan rings is 1. The van der Waals surface area contributed by atoms with E-state index in [4.69, 9.17) is 33.0 Å². The van der Waals surface area contributed by atoms with E-state index < -0.39 is 5.91 Å². The molecule has 0 unspecified atom stereocenters. The second-order valence-electron chi connectivity index (χ2n) is 7.39. The van der Waals surface area contributed by atoms with Crippen molar-refractivity contribution in [3.05, 3.63) is 88.6 Å². The zero-order valence-electron chi connectivity index (χ0n) is 18.3. The highest BCUT2D eigenvalue weighted by Gasteiger charge is 2.16. The summed E-state index contributed by atoms with van der Waals surface area (Å²) in [4.78, 5) is 25.2. The zero-order valence-corrected chi connectivity index (χ0v) is 19.8. The zero-order chi connectivity index (χ0) is 24.2. The molecule has 4 rings (SSSR count). The van der Waals surface area contributed by atoms with E-state index in [0.29, 0.717) is 27.7 Å². The highest BCUT2D eigenvalue weighted by atomic mass is 35.5. The van der Waals surface area contributed by atoms with Crippen LogP contribution in [0.2, 0.25) is 5.02 Å². The van der Waals surface area contributed by atoms with Gasteiger partial charge in [0.2, 0.25) is 0 Å². The molecule has 0 atom stereocenters. The molecule has 9 heteroatoms. The number of rotatable bonds is 5. The molecular weight excluding hydrogens is 474 g/mol. The van der Waals surface area contributed by atoms with Crippen molar-refractivity contribution < 1.29 is 18.7 Å². The Morgan fingerprint density at radius 1 is 0.971 bits per heavy atom. The first-order valence-corrected chi connectivity index (χ1v) is 11.0. The SMILES string of the molecule is COc1ccc(Cl)cc1C(=O)NC(=S)Nc1ccc(NC(=O)c2cc3ccccc3o2)c(C)c1. The molecule has 3 N–H and O–H groups in total. The van der Waals surface area contributed by atoms with Gasteiger partial charge < -0.3 is 19.8 Å². The summed E-state index contributed by atoms with van der Waals surface area (Å²) in [6.07, 6.45) is 0. The molecule has 0 aliphatic rings. The molecule has 0 fully saturated rings. The Balaban J connectivity index is 1.41. The smallest absolute Gasteiger partial charge is 0.291 e. The summed E-state index contributed by atoms with van der Waals surface area (Å²) in [5, 5.41) is 9.78. The van der Waals surface area contributed by atoms with Crippen LogP contribution in [0.15, 0.2) is 71.1 Å². The van der Waals surface area contributed by atoms with Crippen molar-refractivity contribution in [3.8, 4) is 5.75 Å². The second kappa shape index (κ2) is 9.94. The Hall–Kier alpha value is -3.88. The number of ether oxygens (including phenoxy) is 1. The van der Waals surface area contributed by atoms with Crippen LogP contribution in [0.5, 0.6) is 5.75 Å². The molecule has 0 saturated heterocycles. The van der Waals surface area contributed by atoms with Crippen molar-refractivity contribution in [3.63, 3.8) is 0 Å². The fourth-order valence-electron chi connectivity index (χ4n) is 3.35. The molecule has 3 aromatic carbocycles. The third kappa shape index (κ3) is 5.19. The fourth-order valence-corrected chi connectivity index (χ4v) is 3.73. The first-order valence-electron chi connectivity index (χ1n) is 10.2. The van der Waals surface area contributed by atoms with Crippen molar-refractivity contribution in [1.29, 1.82) is 0 Å². The van der Waals surface area contributed by atoms with E-state index in [1.54, 1.807) is 36.4 Å². The first-order chi connectivity index (χ1) is 16.3. The fraction of sp³-hybridized carbons (Fsp3) is 0.0800. The van der Waals surface area contributed by atoms with E-state index in [1.165, 1.54) is 13.2 Å². The molecule has 4 aromatic rings. The predicted octanol–water partition coefficient (Wildman–Crippen LogP) is 5.78. The summed E-state index contributed by atoms with van der Waals surface area (Å²) in [5.41, 5.74) is 2.96. The molecule has 172 valence electrons. The van der Waals surface area contributed by atoms with Gasteiger partial charge in [0.25, 0.3) is 11.8 Å². The molecule has 1 aromatic heterocycles. The van der Waals surface area contributed by atoms with E-state index in [-0.39, 0.29) is 22.3 Å². The molecule has 0 aliphatic heterocycles. The van der Waals surface area contributed by atoms with Crippen molar-refractivity contribution in [1.82, 2.24) is 5.32 Å². The lowest BCUT2D eigenvalue weighted by atomic mass is 10.1. The number of carbonyl (C=O) groups excluding carboxylic acids is 2. The van der Waals surface area contributed by atoms with Gasteiger partial charge in [0.15, 0.2) is 10.9 Å². The third-order valence-electron chi connectivity index (χ3n) is 5.02. The Morgan fingerprint density at radius 3 is 2.50 bits per heavy atom. The molecule has 0 spiro atoms. The normalized spacial score (nSPS) is 10.6. The maximum atomic E-state index is 12.6. The van der Waals surface area contributed by atoms with Crippen molar-refractivity contribution in [2.75, 3.05) is 17.7 Å². The van der Waals surface area contributed by atoms with Gasteiger partial charge in [-0.2, -0.15) is 0 Å². The number of methoxy groups -OCH3 is 1. The lowest BCUT2D eigenvalue weighted by Crippen LogP contribution is -2.34. The van der Waals surface area contributed by atoms with Crippen LogP contribution in [-0.2, 0) is 0 Å². The molecule has 0 bridgehead atoms. The molecule has 0 radical (unpaired) electrons. The van der Waals surface area contributed by atoms with E-state index in [9.17, 15) is 9.59 Å². The van der Waals surface area contributed by atoms with Gasteiger partial charge in [-0.25, -0.2) is 0 Å². The van der Waals surface area contributed by atoms with Gasteiger partial charge in [0, 0.05) is 21.8 Å². The monoisotopic (exact) mass is 493 g/mol. The summed E-state index contributed by atoms with van der Waals surface area (Å²) >= 11 is 11.3. The minimum atomic E-state index is -0.455. The Morgan fingerprint density at radius 2 is 1.76 bits per heavy atom. The van der Waals surface area contributed by atoms with E-state index in [2.05, 4.69) is 16.0 Å². The number of nitrogens with one attached hydrogen (secondary N) is 3. The van der Waals surface area contributed by atoms with Crippen molar-refractivity contribution in [2.24, 2.45) is 0 Å².